The van der Waals surface area contributed by atoms with Gasteiger partial charge in [-0.15, -0.1) is 0 Å². The van der Waals surface area contributed by atoms with Gasteiger partial charge in [0.2, 0.25) is 5.75 Å². The Labute approximate surface area is 185 Å². The van der Waals surface area contributed by atoms with Gasteiger partial charge in [-0.1, -0.05) is 30.3 Å². The summed E-state index contributed by atoms with van der Waals surface area (Å²) in [6.45, 7) is 3.36. The summed E-state index contributed by atoms with van der Waals surface area (Å²) in [7, 11) is 4.76. The largest absolute Gasteiger partial charge is 0.493 e. The smallest absolute Gasteiger partial charge is 0.203 e. The first kappa shape index (κ1) is 23.4. The van der Waals surface area contributed by atoms with Crippen LogP contribution in [0.2, 0.25) is 0 Å². The van der Waals surface area contributed by atoms with Gasteiger partial charge in [0.15, 0.2) is 11.5 Å². The molecular weight excluding hydrogens is 394 g/mol. The molecule has 2 aromatic rings. The molecule has 1 heterocycles. The van der Waals surface area contributed by atoms with Crippen LogP contribution in [0.4, 0.5) is 0 Å². The van der Waals surface area contributed by atoms with Gasteiger partial charge in [-0.2, -0.15) is 0 Å². The fourth-order valence-corrected chi connectivity index (χ4v) is 4.20. The first-order valence-corrected chi connectivity index (χ1v) is 10.9. The lowest BCUT2D eigenvalue weighted by Crippen LogP contribution is -2.40. The van der Waals surface area contributed by atoms with Crippen molar-refractivity contribution in [3.63, 3.8) is 0 Å². The van der Waals surface area contributed by atoms with Crippen LogP contribution in [0.15, 0.2) is 42.5 Å². The predicted molar refractivity (Wildman–Crippen MR) is 121 cm³/mol. The normalized spacial score (nSPS) is 16.1. The Morgan fingerprint density at radius 2 is 1.58 bits per heavy atom. The summed E-state index contributed by atoms with van der Waals surface area (Å²) in [5.41, 5.74) is 2.32. The van der Waals surface area contributed by atoms with Crippen molar-refractivity contribution < 1.29 is 24.1 Å². The Bertz CT molecular complexity index is 765. The van der Waals surface area contributed by atoms with Gasteiger partial charge >= 0.3 is 0 Å². The highest BCUT2D eigenvalue weighted by molar-refractivity contribution is 5.53. The molecule has 31 heavy (non-hydrogen) atoms. The quantitative estimate of drug-likeness (QED) is 0.590. The monoisotopic (exact) mass is 429 g/mol. The van der Waals surface area contributed by atoms with E-state index in [1.54, 1.807) is 21.3 Å². The van der Waals surface area contributed by atoms with E-state index in [0.29, 0.717) is 37.0 Å². The van der Waals surface area contributed by atoms with Gasteiger partial charge < -0.3 is 29.0 Å². The average molecular weight is 430 g/mol. The summed E-state index contributed by atoms with van der Waals surface area (Å²) < 4.78 is 21.9. The van der Waals surface area contributed by atoms with Crippen LogP contribution in [0.3, 0.4) is 0 Å². The number of methoxy groups -OCH3 is 3. The molecule has 3 rings (SSSR count). The minimum absolute atomic E-state index is 0.292. The summed E-state index contributed by atoms with van der Waals surface area (Å²) >= 11 is 0. The Morgan fingerprint density at radius 1 is 0.935 bits per heavy atom. The van der Waals surface area contributed by atoms with Gasteiger partial charge in [-0.3, -0.25) is 0 Å². The van der Waals surface area contributed by atoms with Crippen molar-refractivity contribution >= 4 is 0 Å². The molecule has 1 saturated heterocycles. The second-order valence-corrected chi connectivity index (χ2v) is 8.14. The van der Waals surface area contributed by atoms with E-state index in [-0.39, 0.29) is 0 Å². The lowest BCUT2D eigenvalue weighted by Gasteiger charge is -2.33. The molecule has 0 bridgehead atoms. The van der Waals surface area contributed by atoms with Crippen molar-refractivity contribution in [2.45, 2.75) is 32.0 Å². The SMILES string of the molecule is COc1cc(COC[C@H](O)CN2CCC(Cc3ccccc3)CC2)cc(OC)c1OC. The van der Waals surface area contributed by atoms with E-state index in [9.17, 15) is 5.11 Å². The zero-order chi connectivity index (χ0) is 22.1. The average Bonchev–Trinajstić information content (AvgIpc) is 2.80. The van der Waals surface area contributed by atoms with E-state index in [0.717, 1.165) is 31.0 Å². The molecule has 1 atom stereocenters. The van der Waals surface area contributed by atoms with Crippen LogP contribution in [-0.4, -0.2) is 63.7 Å². The van der Waals surface area contributed by atoms with Crippen molar-refractivity contribution in [3.8, 4) is 17.2 Å². The first-order chi connectivity index (χ1) is 15.1. The predicted octanol–water partition coefficient (Wildman–Crippen LogP) is 3.54. The Balaban J connectivity index is 1.39. The molecule has 0 radical (unpaired) electrons. The van der Waals surface area contributed by atoms with Gasteiger partial charge in [-0.25, -0.2) is 0 Å². The molecule has 0 amide bonds. The maximum atomic E-state index is 10.4. The fraction of sp³-hybridized carbons (Fsp3) is 0.520. The number of rotatable bonds is 11. The number of β-amino-alcohol motifs (C(OH)–C–C–N with tert-alkyl or cyclic N) is 1. The zero-order valence-electron chi connectivity index (χ0n) is 18.9. The van der Waals surface area contributed by atoms with Crippen LogP contribution in [0.25, 0.3) is 0 Å². The third-order valence-electron chi connectivity index (χ3n) is 5.85. The molecule has 1 N–H and O–H groups in total. The molecule has 1 aliphatic rings. The van der Waals surface area contributed by atoms with Crippen LogP contribution in [0.1, 0.15) is 24.0 Å². The highest BCUT2D eigenvalue weighted by Crippen LogP contribution is 2.38. The van der Waals surface area contributed by atoms with E-state index in [1.165, 1.54) is 18.4 Å². The van der Waals surface area contributed by atoms with Crippen LogP contribution in [0.5, 0.6) is 17.2 Å². The van der Waals surface area contributed by atoms with Gasteiger partial charge in [0.05, 0.1) is 40.6 Å². The van der Waals surface area contributed by atoms with Crippen molar-refractivity contribution in [2.75, 3.05) is 47.6 Å². The topological polar surface area (TPSA) is 60.4 Å². The maximum Gasteiger partial charge on any atom is 0.203 e. The molecule has 0 aliphatic carbocycles. The number of hydrogen-bond acceptors (Lipinski definition) is 6. The van der Waals surface area contributed by atoms with Gasteiger partial charge in [0.25, 0.3) is 0 Å². The lowest BCUT2D eigenvalue weighted by atomic mass is 9.90. The molecular formula is C25H35NO5. The van der Waals surface area contributed by atoms with Crippen molar-refractivity contribution in [1.82, 2.24) is 4.90 Å². The number of hydrogen-bond donors (Lipinski definition) is 1. The van der Waals surface area contributed by atoms with Gasteiger partial charge in [0.1, 0.15) is 0 Å². The standard InChI is InChI=1S/C25H35NO5/c1-28-23-14-21(15-24(29-2)25(23)30-3)17-31-18-22(27)16-26-11-9-20(10-12-26)13-19-7-5-4-6-8-19/h4-8,14-15,20,22,27H,9-13,16-18H2,1-3H3/t22-/m1/s1. The second-order valence-electron chi connectivity index (χ2n) is 8.14. The fourth-order valence-electron chi connectivity index (χ4n) is 4.20. The van der Waals surface area contributed by atoms with Crippen LogP contribution >= 0.6 is 0 Å². The molecule has 0 saturated carbocycles. The summed E-state index contributed by atoms with van der Waals surface area (Å²) in [5.74, 6) is 2.48. The van der Waals surface area contributed by atoms with Crippen molar-refractivity contribution in [2.24, 2.45) is 5.92 Å². The molecule has 6 nitrogen and oxygen atoms in total. The van der Waals surface area contributed by atoms with E-state index >= 15 is 0 Å². The first-order valence-electron chi connectivity index (χ1n) is 10.9. The Kier molecular flexibility index (Phi) is 9.00. The summed E-state index contributed by atoms with van der Waals surface area (Å²) in [5, 5.41) is 10.4. The van der Waals surface area contributed by atoms with E-state index in [2.05, 4.69) is 35.2 Å². The second kappa shape index (κ2) is 11.9. The lowest BCUT2D eigenvalue weighted by molar-refractivity contribution is 0.00443. The number of benzene rings is 2. The third kappa shape index (κ3) is 6.86. The molecule has 1 aliphatic heterocycles. The molecule has 0 unspecified atom stereocenters. The zero-order valence-corrected chi connectivity index (χ0v) is 18.9. The van der Waals surface area contributed by atoms with Crippen molar-refractivity contribution in [3.05, 3.63) is 53.6 Å². The van der Waals surface area contributed by atoms with E-state index in [1.807, 2.05) is 12.1 Å². The van der Waals surface area contributed by atoms with Crippen LogP contribution in [-0.2, 0) is 17.8 Å². The third-order valence-corrected chi connectivity index (χ3v) is 5.85. The molecule has 170 valence electrons. The molecule has 6 heteroatoms. The highest BCUT2D eigenvalue weighted by atomic mass is 16.5. The number of aliphatic hydroxyl groups is 1. The minimum atomic E-state index is -0.507. The van der Waals surface area contributed by atoms with Crippen molar-refractivity contribution in [1.29, 1.82) is 0 Å². The van der Waals surface area contributed by atoms with E-state index < -0.39 is 6.10 Å². The van der Waals surface area contributed by atoms with Gasteiger partial charge in [-0.05, 0) is 61.5 Å². The summed E-state index contributed by atoms with van der Waals surface area (Å²) in [4.78, 5) is 2.34. The Hall–Kier alpha value is -2.28. The van der Waals surface area contributed by atoms with Gasteiger partial charge in [0, 0.05) is 6.54 Å². The van der Waals surface area contributed by atoms with E-state index in [4.69, 9.17) is 18.9 Å². The number of nitrogens with zero attached hydrogens (tertiary/aromatic N) is 1. The Morgan fingerprint density at radius 3 is 2.16 bits per heavy atom. The number of likely N-dealkylation sites (tertiary alicyclic amines) is 1. The molecule has 2 aromatic carbocycles. The number of aliphatic hydroxyl groups excluding tert-OH is 1. The molecule has 1 fully saturated rings. The van der Waals surface area contributed by atoms with Crippen LogP contribution < -0.4 is 14.2 Å². The minimum Gasteiger partial charge on any atom is -0.493 e. The maximum absolute atomic E-state index is 10.4. The molecule has 0 aromatic heterocycles. The molecule has 0 spiro atoms. The number of ether oxygens (including phenoxy) is 4. The highest BCUT2D eigenvalue weighted by Gasteiger charge is 2.21. The summed E-state index contributed by atoms with van der Waals surface area (Å²) in [6.07, 6.45) is 2.99. The summed E-state index contributed by atoms with van der Waals surface area (Å²) in [6, 6.07) is 14.4. The number of piperidine rings is 1. The van der Waals surface area contributed by atoms with Crippen LogP contribution in [0, 0.1) is 5.92 Å².